The Bertz CT molecular complexity index is 802. The van der Waals surface area contributed by atoms with Crippen molar-refractivity contribution in [2.24, 2.45) is 11.3 Å². The van der Waals surface area contributed by atoms with E-state index in [2.05, 4.69) is 31.2 Å². The normalized spacial score (nSPS) is 27.5. The second-order valence-electron chi connectivity index (χ2n) is 8.29. The Hall–Kier alpha value is -1.47. The van der Waals surface area contributed by atoms with Crippen LogP contribution in [0.25, 0.3) is 0 Å². The van der Waals surface area contributed by atoms with Gasteiger partial charge in [-0.25, -0.2) is 0 Å². The predicted molar refractivity (Wildman–Crippen MR) is 122 cm³/mol. The van der Waals surface area contributed by atoms with Crippen molar-refractivity contribution in [2.75, 3.05) is 26.4 Å². The highest BCUT2D eigenvalue weighted by Gasteiger charge is 2.53. The number of thiol groups is 1. The van der Waals surface area contributed by atoms with Gasteiger partial charge >= 0.3 is 0 Å². The molecule has 3 fully saturated rings. The lowest BCUT2D eigenvalue weighted by Crippen LogP contribution is -2.40. The molecule has 2 aliphatic carbocycles. The molecule has 3 aliphatic rings. The van der Waals surface area contributed by atoms with Crippen molar-refractivity contribution >= 4 is 42.1 Å². The summed E-state index contributed by atoms with van der Waals surface area (Å²) in [5.74, 6) is -0.271. The van der Waals surface area contributed by atoms with Crippen molar-refractivity contribution in [3.8, 4) is 0 Å². The number of benzene rings is 1. The van der Waals surface area contributed by atoms with E-state index in [0.717, 1.165) is 36.5 Å². The molecule has 1 saturated heterocycles. The number of aliphatic hydroxyl groups is 1. The van der Waals surface area contributed by atoms with Gasteiger partial charge in [-0.3, -0.25) is 9.59 Å². The summed E-state index contributed by atoms with van der Waals surface area (Å²) in [7, 11) is 2.08. The SMILES string of the molecule is C=C1C(=O)C2(C=O)CC(=O)CC1C2.CN1CCC(O)(c2ccc(Cl)cc2)CC1.CS. The highest BCUT2D eigenvalue weighted by Crippen LogP contribution is 2.48. The van der Waals surface area contributed by atoms with E-state index in [1.165, 1.54) is 0 Å². The van der Waals surface area contributed by atoms with Gasteiger partial charge < -0.3 is 14.8 Å². The number of rotatable bonds is 2. The van der Waals surface area contributed by atoms with Gasteiger partial charge in [0.15, 0.2) is 5.78 Å². The predicted octanol–water partition coefficient (Wildman–Crippen LogP) is 3.48. The summed E-state index contributed by atoms with van der Waals surface area (Å²) in [6.07, 6.45) is 4.90. The van der Waals surface area contributed by atoms with Crippen LogP contribution in [-0.2, 0) is 20.0 Å². The molecular formula is C23H30ClNO4S. The Kier molecular flexibility index (Phi) is 8.45. The van der Waals surface area contributed by atoms with Crippen LogP contribution in [0, 0.1) is 11.3 Å². The molecule has 1 aromatic rings. The summed E-state index contributed by atoms with van der Waals surface area (Å²) in [5.41, 5.74) is -0.230. The summed E-state index contributed by atoms with van der Waals surface area (Å²) in [4.78, 5) is 35.9. The smallest absolute Gasteiger partial charge is 0.172 e. The number of ketones is 2. The quantitative estimate of drug-likeness (QED) is 0.311. The van der Waals surface area contributed by atoms with E-state index in [1.54, 1.807) is 6.26 Å². The van der Waals surface area contributed by atoms with Crippen LogP contribution in [-0.4, -0.2) is 54.3 Å². The van der Waals surface area contributed by atoms with Crippen molar-refractivity contribution in [2.45, 2.75) is 37.7 Å². The number of carbonyl (C=O) groups is 3. The summed E-state index contributed by atoms with van der Waals surface area (Å²) >= 11 is 9.36. The molecule has 1 aliphatic heterocycles. The Morgan fingerprint density at radius 1 is 1.20 bits per heavy atom. The third-order valence-electron chi connectivity index (χ3n) is 6.26. The molecule has 2 bridgehead atoms. The summed E-state index contributed by atoms with van der Waals surface area (Å²) < 4.78 is 0. The average molecular weight is 452 g/mol. The number of Topliss-reactive ketones (excluding diaryl/α,β-unsaturated/α-hetero) is 2. The molecule has 4 rings (SSSR count). The van der Waals surface area contributed by atoms with Crippen LogP contribution in [0.4, 0.5) is 0 Å². The first-order valence-electron chi connectivity index (χ1n) is 10.0. The second-order valence-corrected chi connectivity index (χ2v) is 8.73. The third-order valence-corrected chi connectivity index (χ3v) is 6.51. The van der Waals surface area contributed by atoms with Crippen LogP contribution < -0.4 is 0 Å². The van der Waals surface area contributed by atoms with Crippen LogP contribution in [0.2, 0.25) is 5.02 Å². The Labute approximate surface area is 188 Å². The van der Waals surface area contributed by atoms with E-state index in [9.17, 15) is 19.5 Å². The molecule has 1 aromatic carbocycles. The second kappa shape index (κ2) is 10.2. The molecule has 1 N–H and O–H groups in total. The fraction of sp³-hybridized carbons (Fsp3) is 0.522. The minimum absolute atomic E-state index is 0.00958. The first-order chi connectivity index (χ1) is 14.2. The van der Waals surface area contributed by atoms with Crippen molar-refractivity contribution in [1.82, 2.24) is 4.90 Å². The van der Waals surface area contributed by atoms with E-state index in [0.29, 0.717) is 24.7 Å². The van der Waals surface area contributed by atoms with E-state index in [1.807, 2.05) is 24.3 Å². The first kappa shape index (κ1) is 24.8. The standard InChI is InChI=1S/C12H16ClNO.C10H10O3.CH4S/c1-14-8-6-12(15,7-9-14)10-2-4-11(13)5-3-10;1-6-7-2-8(12)4-10(3-7,5-11)9(6)13;1-2/h2-5,15H,6-9H2,1H3;5,7H,1-4H2;2H,1H3. The van der Waals surface area contributed by atoms with Gasteiger partial charge in [0, 0.05) is 31.0 Å². The number of piperidine rings is 1. The van der Waals surface area contributed by atoms with Gasteiger partial charge in [-0.1, -0.05) is 30.3 Å². The van der Waals surface area contributed by atoms with Crippen LogP contribution in [0.3, 0.4) is 0 Å². The van der Waals surface area contributed by atoms with Gasteiger partial charge in [0.1, 0.15) is 12.1 Å². The minimum atomic E-state index is -1.03. The largest absolute Gasteiger partial charge is 0.385 e. The molecular weight excluding hydrogens is 422 g/mol. The van der Waals surface area contributed by atoms with Crippen molar-refractivity contribution < 1.29 is 19.5 Å². The topological polar surface area (TPSA) is 74.7 Å². The van der Waals surface area contributed by atoms with Crippen molar-refractivity contribution in [3.05, 3.63) is 47.0 Å². The lowest BCUT2D eigenvalue weighted by Gasteiger charge is -2.36. The molecule has 0 radical (unpaired) electrons. The lowest BCUT2D eigenvalue weighted by atomic mass is 9.76. The molecule has 0 spiro atoms. The first-order valence-corrected chi connectivity index (χ1v) is 11.3. The summed E-state index contributed by atoms with van der Waals surface area (Å²) in [6, 6.07) is 7.53. The van der Waals surface area contributed by atoms with E-state index < -0.39 is 11.0 Å². The lowest BCUT2D eigenvalue weighted by molar-refractivity contribution is -0.137. The summed E-state index contributed by atoms with van der Waals surface area (Å²) in [6.45, 7) is 5.53. The zero-order valence-corrected chi connectivity index (χ0v) is 19.2. The number of hydrogen-bond acceptors (Lipinski definition) is 6. The number of hydrogen-bond donors (Lipinski definition) is 2. The maximum Gasteiger partial charge on any atom is 0.172 e. The highest BCUT2D eigenvalue weighted by molar-refractivity contribution is 7.79. The van der Waals surface area contributed by atoms with Crippen LogP contribution in [0.1, 0.15) is 37.7 Å². The fourth-order valence-corrected chi connectivity index (χ4v) is 4.51. The zero-order valence-electron chi connectivity index (χ0n) is 17.6. The number of halogens is 1. The monoisotopic (exact) mass is 451 g/mol. The molecule has 2 atom stereocenters. The van der Waals surface area contributed by atoms with Crippen LogP contribution in [0.5, 0.6) is 0 Å². The van der Waals surface area contributed by atoms with Gasteiger partial charge in [0.05, 0.1) is 11.0 Å². The minimum Gasteiger partial charge on any atom is -0.385 e. The Morgan fingerprint density at radius 2 is 1.77 bits per heavy atom. The molecule has 7 heteroatoms. The molecule has 1 heterocycles. The number of carbonyl (C=O) groups excluding carboxylic acids is 3. The number of allylic oxidation sites excluding steroid dienone is 1. The van der Waals surface area contributed by atoms with Gasteiger partial charge in [-0.05, 0) is 61.8 Å². The highest BCUT2D eigenvalue weighted by atomic mass is 35.5. The molecule has 2 unspecified atom stereocenters. The van der Waals surface area contributed by atoms with Crippen LogP contribution in [0.15, 0.2) is 36.4 Å². The molecule has 0 aromatic heterocycles. The maximum absolute atomic E-state index is 11.6. The van der Waals surface area contributed by atoms with E-state index in [4.69, 9.17) is 11.6 Å². The molecule has 5 nitrogen and oxygen atoms in total. The number of nitrogens with zero attached hydrogens (tertiary/aromatic N) is 1. The van der Waals surface area contributed by atoms with E-state index >= 15 is 0 Å². The van der Waals surface area contributed by atoms with Crippen molar-refractivity contribution in [3.63, 3.8) is 0 Å². The molecule has 164 valence electrons. The van der Waals surface area contributed by atoms with Gasteiger partial charge in [-0.2, -0.15) is 12.6 Å². The molecule has 30 heavy (non-hydrogen) atoms. The zero-order chi connectivity index (χ0) is 22.5. The maximum atomic E-state index is 11.6. The average Bonchev–Trinajstić information content (AvgIpc) is 2.93. The summed E-state index contributed by atoms with van der Waals surface area (Å²) in [5, 5.41) is 11.2. The van der Waals surface area contributed by atoms with Crippen LogP contribution >= 0.6 is 24.2 Å². The van der Waals surface area contributed by atoms with Gasteiger partial charge in [-0.15, -0.1) is 0 Å². The van der Waals surface area contributed by atoms with Crippen molar-refractivity contribution in [1.29, 1.82) is 0 Å². The Balaban J connectivity index is 0.000000199. The Morgan fingerprint density at radius 3 is 2.30 bits per heavy atom. The number of aldehydes is 1. The third kappa shape index (κ3) is 5.22. The van der Waals surface area contributed by atoms with Gasteiger partial charge in [0.25, 0.3) is 0 Å². The van der Waals surface area contributed by atoms with E-state index in [-0.39, 0.29) is 23.9 Å². The number of likely N-dealkylation sites (tertiary alicyclic amines) is 1. The fourth-order valence-electron chi connectivity index (χ4n) is 4.39. The molecule has 0 amide bonds. The molecule has 2 saturated carbocycles. The number of fused-ring (bicyclic) bond motifs is 2. The van der Waals surface area contributed by atoms with Gasteiger partial charge in [0.2, 0.25) is 0 Å².